The van der Waals surface area contributed by atoms with Crippen LogP contribution in [0.25, 0.3) is 5.69 Å². The number of ether oxygens (including phenoxy) is 1. The van der Waals surface area contributed by atoms with Gasteiger partial charge in [0.25, 0.3) is 5.91 Å². The molecule has 4 rings (SSSR count). The van der Waals surface area contributed by atoms with Gasteiger partial charge in [0.2, 0.25) is 0 Å². The average molecular weight is 321 g/mol. The van der Waals surface area contributed by atoms with Crippen molar-refractivity contribution >= 4 is 11.6 Å². The molecule has 0 radical (unpaired) electrons. The second-order valence-corrected chi connectivity index (χ2v) is 5.38. The molecule has 7 nitrogen and oxygen atoms in total. The lowest BCUT2D eigenvalue weighted by atomic mass is 10.1. The lowest BCUT2D eigenvalue weighted by Gasteiger charge is -2.26. The zero-order chi connectivity index (χ0) is 16.5. The SMILES string of the molecule is COc1ccc(-n2cc(C3NC(=O)c4ccccc4N3)nn2)cc1. The Hall–Kier alpha value is -3.35. The van der Waals surface area contributed by atoms with E-state index < -0.39 is 6.17 Å². The summed E-state index contributed by atoms with van der Waals surface area (Å²) in [6.07, 6.45) is 1.37. The van der Waals surface area contributed by atoms with Gasteiger partial charge in [-0.15, -0.1) is 5.10 Å². The van der Waals surface area contributed by atoms with Crippen molar-refractivity contribution in [2.45, 2.75) is 6.17 Å². The second-order valence-electron chi connectivity index (χ2n) is 5.38. The molecular formula is C17H15N5O2. The van der Waals surface area contributed by atoms with Crippen molar-refractivity contribution in [3.8, 4) is 11.4 Å². The summed E-state index contributed by atoms with van der Waals surface area (Å²) in [7, 11) is 1.62. The topological polar surface area (TPSA) is 81.1 Å². The molecule has 3 aromatic rings. The molecule has 0 spiro atoms. The summed E-state index contributed by atoms with van der Waals surface area (Å²) in [6.45, 7) is 0. The molecule has 1 atom stereocenters. The highest BCUT2D eigenvalue weighted by Gasteiger charge is 2.26. The van der Waals surface area contributed by atoms with Crippen molar-refractivity contribution in [3.63, 3.8) is 0 Å². The minimum Gasteiger partial charge on any atom is -0.497 e. The molecule has 1 unspecified atom stereocenters. The normalized spacial score (nSPS) is 16.0. The maximum atomic E-state index is 12.2. The monoisotopic (exact) mass is 321 g/mol. The summed E-state index contributed by atoms with van der Waals surface area (Å²) >= 11 is 0. The Labute approximate surface area is 138 Å². The molecule has 7 heteroatoms. The molecule has 1 aliphatic rings. The van der Waals surface area contributed by atoms with E-state index in [2.05, 4.69) is 20.9 Å². The van der Waals surface area contributed by atoms with Gasteiger partial charge >= 0.3 is 0 Å². The van der Waals surface area contributed by atoms with Crippen LogP contribution in [0.15, 0.2) is 54.7 Å². The fourth-order valence-electron chi connectivity index (χ4n) is 2.63. The third kappa shape index (κ3) is 2.45. The van der Waals surface area contributed by atoms with Crippen LogP contribution in [0.5, 0.6) is 5.75 Å². The predicted octanol–water partition coefficient (Wildman–Crippen LogP) is 2.13. The predicted molar refractivity (Wildman–Crippen MR) is 88.2 cm³/mol. The molecule has 2 heterocycles. The van der Waals surface area contributed by atoms with Gasteiger partial charge in [-0.3, -0.25) is 4.79 Å². The Balaban J connectivity index is 1.60. The quantitative estimate of drug-likeness (QED) is 0.772. The fraction of sp³-hybridized carbons (Fsp3) is 0.118. The van der Waals surface area contributed by atoms with Crippen LogP contribution in [0.1, 0.15) is 22.2 Å². The Bertz CT molecular complexity index is 888. The zero-order valence-electron chi connectivity index (χ0n) is 12.9. The van der Waals surface area contributed by atoms with E-state index in [-0.39, 0.29) is 5.91 Å². The molecule has 0 saturated heterocycles. The van der Waals surface area contributed by atoms with Gasteiger partial charge in [0.15, 0.2) is 0 Å². The number of nitrogens with one attached hydrogen (secondary N) is 2. The number of hydrogen-bond acceptors (Lipinski definition) is 5. The highest BCUT2D eigenvalue weighted by atomic mass is 16.5. The van der Waals surface area contributed by atoms with Gasteiger partial charge < -0.3 is 15.4 Å². The van der Waals surface area contributed by atoms with Crippen molar-refractivity contribution in [3.05, 3.63) is 66.0 Å². The molecule has 0 saturated carbocycles. The summed E-state index contributed by atoms with van der Waals surface area (Å²) in [5.41, 5.74) is 2.90. The standard InChI is InChI=1S/C17H15N5O2/c1-24-12-8-6-11(7-9-12)22-10-15(20-21-22)16-18-14-5-3-2-4-13(14)17(23)19-16/h2-10,16,18H,1H3,(H,19,23). The fourth-order valence-corrected chi connectivity index (χ4v) is 2.63. The van der Waals surface area contributed by atoms with E-state index in [1.54, 1.807) is 24.1 Å². The number of benzene rings is 2. The molecule has 24 heavy (non-hydrogen) atoms. The lowest BCUT2D eigenvalue weighted by Crippen LogP contribution is -2.38. The van der Waals surface area contributed by atoms with Gasteiger partial charge in [-0.05, 0) is 36.4 Å². The maximum Gasteiger partial charge on any atom is 0.255 e. The van der Waals surface area contributed by atoms with Crippen LogP contribution in [0.2, 0.25) is 0 Å². The van der Waals surface area contributed by atoms with Crippen LogP contribution in [-0.2, 0) is 0 Å². The Kier molecular flexibility index (Phi) is 3.38. The van der Waals surface area contributed by atoms with Crippen LogP contribution in [0.3, 0.4) is 0 Å². The van der Waals surface area contributed by atoms with Crippen molar-refractivity contribution in [2.24, 2.45) is 0 Å². The minimum atomic E-state index is -0.417. The first-order valence-corrected chi connectivity index (χ1v) is 7.48. The van der Waals surface area contributed by atoms with Crippen molar-refractivity contribution in [2.75, 3.05) is 12.4 Å². The van der Waals surface area contributed by atoms with Gasteiger partial charge in [0.1, 0.15) is 17.6 Å². The number of nitrogens with zero attached hydrogens (tertiary/aromatic N) is 3. The molecule has 0 fully saturated rings. The molecular weight excluding hydrogens is 306 g/mol. The number of methoxy groups -OCH3 is 1. The Morgan fingerprint density at radius 3 is 2.67 bits per heavy atom. The van der Waals surface area contributed by atoms with E-state index in [1.165, 1.54) is 0 Å². The summed E-state index contributed by atoms with van der Waals surface area (Å²) in [6, 6.07) is 14.9. The van der Waals surface area contributed by atoms with Crippen LogP contribution < -0.4 is 15.4 Å². The maximum absolute atomic E-state index is 12.2. The van der Waals surface area contributed by atoms with E-state index in [0.717, 1.165) is 17.1 Å². The number of amides is 1. The zero-order valence-corrected chi connectivity index (χ0v) is 12.9. The van der Waals surface area contributed by atoms with Gasteiger partial charge in [-0.1, -0.05) is 17.3 Å². The van der Waals surface area contributed by atoms with Crippen LogP contribution in [-0.4, -0.2) is 28.0 Å². The lowest BCUT2D eigenvalue weighted by molar-refractivity contribution is 0.0935. The number of para-hydroxylation sites is 1. The molecule has 1 amide bonds. The Morgan fingerprint density at radius 1 is 1.08 bits per heavy atom. The van der Waals surface area contributed by atoms with Gasteiger partial charge in [-0.25, -0.2) is 4.68 Å². The molecule has 2 N–H and O–H groups in total. The van der Waals surface area contributed by atoms with Crippen LogP contribution >= 0.6 is 0 Å². The third-order valence-corrected chi connectivity index (χ3v) is 3.89. The van der Waals surface area contributed by atoms with Gasteiger partial charge in [0, 0.05) is 5.69 Å². The molecule has 1 aliphatic heterocycles. The van der Waals surface area contributed by atoms with E-state index in [9.17, 15) is 4.79 Å². The summed E-state index contributed by atoms with van der Waals surface area (Å²) in [4.78, 5) is 12.2. The number of rotatable bonds is 3. The van der Waals surface area contributed by atoms with Crippen molar-refractivity contribution in [1.29, 1.82) is 0 Å². The van der Waals surface area contributed by atoms with Gasteiger partial charge in [0.05, 0.1) is 24.6 Å². The first-order valence-electron chi connectivity index (χ1n) is 7.48. The van der Waals surface area contributed by atoms with E-state index in [1.807, 2.05) is 42.5 Å². The van der Waals surface area contributed by atoms with E-state index in [4.69, 9.17) is 4.74 Å². The van der Waals surface area contributed by atoms with Crippen molar-refractivity contribution < 1.29 is 9.53 Å². The number of hydrogen-bond donors (Lipinski definition) is 2. The largest absolute Gasteiger partial charge is 0.497 e. The van der Waals surface area contributed by atoms with E-state index >= 15 is 0 Å². The second kappa shape index (κ2) is 5.69. The summed E-state index contributed by atoms with van der Waals surface area (Å²) < 4.78 is 6.80. The highest BCUT2D eigenvalue weighted by Crippen LogP contribution is 2.25. The summed E-state index contributed by atoms with van der Waals surface area (Å²) in [5, 5.41) is 14.4. The molecule has 0 aliphatic carbocycles. The first-order chi connectivity index (χ1) is 11.7. The van der Waals surface area contributed by atoms with E-state index in [0.29, 0.717) is 11.3 Å². The molecule has 2 aromatic carbocycles. The third-order valence-electron chi connectivity index (χ3n) is 3.89. The minimum absolute atomic E-state index is 0.131. The number of fused-ring (bicyclic) bond motifs is 1. The smallest absolute Gasteiger partial charge is 0.255 e. The highest BCUT2D eigenvalue weighted by molar-refractivity contribution is 6.01. The first kappa shape index (κ1) is 14.3. The average Bonchev–Trinajstić information content (AvgIpc) is 3.12. The number of carbonyl (C=O) groups excluding carboxylic acids is 1. The van der Waals surface area contributed by atoms with Crippen LogP contribution in [0, 0.1) is 0 Å². The van der Waals surface area contributed by atoms with Gasteiger partial charge in [-0.2, -0.15) is 0 Å². The molecule has 1 aromatic heterocycles. The molecule has 120 valence electrons. The molecule has 0 bridgehead atoms. The number of carbonyl (C=O) groups is 1. The number of anilines is 1. The van der Waals surface area contributed by atoms with Crippen LogP contribution in [0.4, 0.5) is 5.69 Å². The van der Waals surface area contributed by atoms with Crippen molar-refractivity contribution in [1.82, 2.24) is 20.3 Å². The summed E-state index contributed by atoms with van der Waals surface area (Å²) in [5.74, 6) is 0.644. The number of aromatic nitrogens is 3. The Morgan fingerprint density at radius 2 is 1.88 bits per heavy atom.